The van der Waals surface area contributed by atoms with Crippen LogP contribution < -0.4 is 15.4 Å². The third-order valence-electron chi connectivity index (χ3n) is 5.17. The van der Waals surface area contributed by atoms with E-state index in [-0.39, 0.29) is 24.0 Å². The van der Waals surface area contributed by atoms with Gasteiger partial charge in [0, 0.05) is 44.0 Å². The number of guanidine groups is 1. The maximum atomic E-state index is 5.18. The second-order valence-corrected chi connectivity index (χ2v) is 6.96. The lowest BCUT2D eigenvalue weighted by atomic mass is 10.2. The van der Waals surface area contributed by atoms with Crippen LogP contribution in [-0.2, 0) is 6.54 Å². The van der Waals surface area contributed by atoms with Crippen LogP contribution in [0.2, 0.25) is 0 Å². The fourth-order valence-corrected chi connectivity index (χ4v) is 3.85. The van der Waals surface area contributed by atoms with Gasteiger partial charge in [0.05, 0.1) is 13.7 Å². The first-order chi connectivity index (χ1) is 12.3. The van der Waals surface area contributed by atoms with Crippen molar-refractivity contribution in [3.63, 3.8) is 0 Å². The average molecular weight is 473 g/mol. The van der Waals surface area contributed by atoms with Gasteiger partial charge >= 0.3 is 0 Å². The van der Waals surface area contributed by atoms with Crippen LogP contribution in [0, 0.1) is 0 Å². The van der Waals surface area contributed by atoms with Crippen molar-refractivity contribution in [2.75, 3.05) is 26.7 Å². The van der Waals surface area contributed by atoms with E-state index in [1.165, 1.54) is 38.6 Å². The number of nitrogens with zero attached hydrogens (tertiary/aromatic N) is 3. The predicted octanol–water partition coefficient (Wildman–Crippen LogP) is 2.78. The molecule has 1 aliphatic carbocycles. The number of hydrogen-bond acceptors (Lipinski definition) is 4. The first-order valence-electron chi connectivity index (χ1n) is 9.56. The van der Waals surface area contributed by atoms with Gasteiger partial charge in [0.2, 0.25) is 5.88 Å². The van der Waals surface area contributed by atoms with E-state index < -0.39 is 0 Å². The van der Waals surface area contributed by atoms with E-state index in [2.05, 4.69) is 27.4 Å². The molecule has 146 valence electrons. The Labute approximate surface area is 174 Å². The zero-order valence-corrected chi connectivity index (χ0v) is 18.2. The molecule has 0 bridgehead atoms. The van der Waals surface area contributed by atoms with Crippen LogP contribution in [0.25, 0.3) is 0 Å². The number of nitrogens with one attached hydrogen (secondary N) is 2. The van der Waals surface area contributed by atoms with Gasteiger partial charge < -0.3 is 15.4 Å². The maximum absolute atomic E-state index is 5.18. The van der Waals surface area contributed by atoms with Gasteiger partial charge in [-0.25, -0.2) is 9.98 Å². The molecule has 2 heterocycles. The van der Waals surface area contributed by atoms with Crippen LogP contribution in [-0.4, -0.2) is 54.7 Å². The van der Waals surface area contributed by atoms with Crippen molar-refractivity contribution in [1.82, 2.24) is 20.5 Å². The Hall–Kier alpha value is -1.09. The number of ether oxygens (including phenoxy) is 1. The maximum Gasteiger partial charge on any atom is 0.213 e. The van der Waals surface area contributed by atoms with E-state index in [0.29, 0.717) is 18.5 Å². The van der Waals surface area contributed by atoms with E-state index in [0.717, 1.165) is 30.7 Å². The second-order valence-electron chi connectivity index (χ2n) is 6.96. The van der Waals surface area contributed by atoms with Crippen molar-refractivity contribution >= 4 is 29.9 Å². The Morgan fingerprint density at radius 2 is 2.15 bits per heavy atom. The standard InChI is InChI=1S/C19H31N5O.HI/c1-3-20-19(22-13-15-8-10-21-18(12-15)25-2)23-16-9-11-24(14-16)17-6-4-5-7-17;/h8,10,12,16-17H,3-7,9,11,13-14H2,1-2H3,(H2,20,22,23);1H. The average Bonchev–Trinajstić information content (AvgIpc) is 3.31. The highest BCUT2D eigenvalue weighted by Crippen LogP contribution is 2.26. The highest BCUT2D eigenvalue weighted by Gasteiger charge is 2.30. The number of pyridine rings is 1. The second kappa shape index (κ2) is 10.9. The summed E-state index contributed by atoms with van der Waals surface area (Å²) >= 11 is 0. The van der Waals surface area contributed by atoms with E-state index in [4.69, 9.17) is 9.73 Å². The van der Waals surface area contributed by atoms with Crippen molar-refractivity contribution in [3.8, 4) is 5.88 Å². The summed E-state index contributed by atoms with van der Waals surface area (Å²) < 4.78 is 5.18. The molecule has 0 radical (unpaired) electrons. The third-order valence-corrected chi connectivity index (χ3v) is 5.17. The molecule has 1 saturated carbocycles. The summed E-state index contributed by atoms with van der Waals surface area (Å²) in [4.78, 5) is 11.5. The minimum atomic E-state index is 0. The molecule has 2 aliphatic rings. The van der Waals surface area contributed by atoms with Gasteiger partial charge in [0.1, 0.15) is 0 Å². The van der Waals surface area contributed by atoms with Crippen molar-refractivity contribution in [3.05, 3.63) is 23.9 Å². The fourth-order valence-electron chi connectivity index (χ4n) is 3.85. The lowest BCUT2D eigenvalue weighted by Gasteiger charge is -2.24. The normalized spacial score (nSPS) is 21.5. The van der Waals surface area contributed by atoms with Gasteiger partial charge in [0.15, 0.2) is 5.96 Å². The van der Waals surface area contributed by atoms with Gasteiger partial charge in [-0.3, -0.25) is 4.90 Å². The van der Waals surface area contributed by atoms with Gasteiger partial charge in [-0.05, 0) is 37.8 Å². The lowest BCUT2D eigenvalue weighted by molar-refractivity contribution is 0.242. The summed E-state index contributed by atoms with van der Waals surface area (Å²) in [7, 11) is 1.64. The molecule has 26 heavy (non-hydrogen) atoms. The lowest BCUT2D eigenvalue weighted by Crippen LogP contribution is -2.45. The molecule has 1 unspecified atom stereocenters. The number of methoxy groups -OCH3 is 1. The largest absolute Gasteiger partial charge is 0.481 e. The van der Waals surface area contributed by atoms with Crippen LogP contribution in [0.5, 0.6) is 5.88 Å². The summed E-state index contributed by atoms with van der Waals surface area (Å²) in [6.07, 6.45) is 8.53. The Bertz CT molecular complexity index is 577. The molecule has 1 atom stereocenters. The predicted molar refractivity (Wildman–Crippen MR) is 116 cm³/mol. The molecule has 3 rings (SSSR count). The van der Waals surface area contributed by atoms with E-state index in [9.17, 15) is 0 Å². The molecule has 0 spiro atoms. The summed E-state index contributed by atoms with van der Waals surface area (Å²) in [6, 6.07) is 5.22. The molecule has 0 amide bonds. The Morgan fingerprint density at radius 3 is 2.88 bits per heavy atom. The smallest absolute Gasteiger partial charge is 0.213 e. The minimum absolute atomic E-state index is 0. The molecule has 1 saturated heterocycles. The molecule has 1 aromatic heterocycles. The highest BCUT2D eigenvalue weighted by atomic mass is 127. The van der Waals surface area contributed by atoms with Crippen molar-refractivity contribution in [2.45, 2.75) is 57.7 Å². The first-order valence-corrected chi connectivity index (χ1v) is 9.56. The highest BCUT2D eigenvalue weighted by molar-refractivity contribution is 14.0. The monoisotopic (exact) mass is 473 g/mol. The number of aromatic nitrogens is 1. The van der Waals surface area contributed by atoms with Gasteiger partial charge in [-0.2, -0.15) is 0 Å². The Kier molecular flexibility index (Phi) is 8.90. The Balaban J connectivity index is 0.00000243. The molecule has 0 aromatic carbocycles. The molecule has 1 aliphatic heterocycles. The fraction of sp³-hybridized carbons (Fsp3) is 0.684. The summed E-state index contributed by atoms with van der Waals surface area (Å²) in [6.45, 7) is 5.94. The van der Waals surface area contributed by atoms with Gasteiger partial charge in [-0.15, -0.1) is 24.0 Å². The molecule has 7 heteroatoms. The molecular formula is C19H32IN5O. The molecule has 2 fully saturated rings. The zero-order chi connectivity index (χ0) is 17.5. The zero-order valence-electron chi connectivity index (χ0n) is 15.9. The topological polar surface area (TPSA) is 61.8 Å². The van der Waals surface area contributed by atoms with E-state index in [1.54, 1.807) is 13.3 Å². The number of halogens is 1. The minimum Gasteiger partial charge on any atom is -0.481 e. The quantitative estimate of drug-likeness (QED) is 0.378. The summed E-state index contributed by atoms with van der Waals surface area (Å²) in [5.41, 5.74) is 1.10. The van der Waals surface area contributed by atoms with Crippen LogP contribution in [0.15, 0.2) is 23.3 Å². The van der Waals surface area contributed by atoms with Crippen molar-refractivity contribution < 1.29 is 4.74 Å². The molecule has 2 N–H and O–H groups in total. The van der Waals surface area contributed by atoms with Gasteiger partial charge in [-0.1, -0.05) is 12.8 Å². The summed E-state index contributed by atoms with van der Waals surface area (Å²) in [5.74, 6) is 1.53. The number of rotatable bonds is 6. The van der Waals surface area contributed by atoms with Crippen LogP contribution >= 0.6 is 24.0 Å². The van der Waals surface area contributed by atoms with Crippen LogP contribution in [0.4, 0.5) is 0 Å². The van der Waals surface area contributed by atoms with Crippen molar-refractivity contribution in [2.24, 2.45) is 4.99 Å². The van der Waals surface area contributed by atoms with E-state index >= 15 is 0 Å². The van der Waals surface area contributed by atoms with Gasteiger partial charge in [0.25, 0.3) is 0 Å². The number of aliphatic imine (C=N–C) groups is 1. The molecular weight excluding hydrogens is 441 g/mol. The Morgan fingerprint density at radius 1 is 1.35 bits per heavy atom. The van der Waals surface area contributed by atoms with Crippen LogP contribution in [0.1, 0.15) is 44.6 Å². The third kappa shape index (κ3) is 5.97. The van der Waals surface area contributed by atoms with Crippen LogP contribution in [0.3, 0.4) is 0 Å². The molecule has 1 aromatic rings. The SMILES string of the molecule is CCNC(=NCc1ccnc(OC)c1)NC1CCN(C2CCCC2)C1.I. The number of hydrogen-bond donors (Lipinski definition) is 2. The van der Waals surface area contributed by atoms with Crippen molar-refractivity contribution in [1.29, 1.82) is 0 Å². The first kappa shape index (κ1) is 21.2. The summed E-state index contributed by atoms with van der Waals surface area (Å²) in [5, 5.41) is 6.99. The molecule has 6 nitrogen and oxygen atoms in total. The van der Waals surface area contributed by atoms with E-state index in [1.807, 2.05) is 12.1 Å². The number of likely N-dealkylation sites (tertiary alicyclic amines) is 1.